The van der Waals surface area contributed by atoms with Gasteiger partial charge in [-0.1, -0.05) is 0 Å². The summed E-state index contributed by atoms with van der Waals surface area (Å²) in [5, 5.41) is 0. The van der Waals surface area contributed by atoms with Crippen molar-refractivity contribution in [3.8, 4) is 0 Å². The van der Waals surface area contributed by atoms with Gasteiger partial charge in [-0.15, -0.1) is 0 Å². The maximum absolute atomic E-state index is 11.2. The van der Waals surface area contributed by atoms with Crippen LogP contribution in [0.5, 0.6) is 0 Å². The standard InChI is InChI=1S/C9H19NO2S/c1-7(6-13-5)10(3)8(2)9(11)12-4/h7-8H,6H2,1-5H3. The van der Waals surface area contributed by atoms with Gasteiger partial charge in [-0.3, -0.25) is 9.69 Å². The number of thioether (sulfide) groups is 1. The van der Waals surface area contributed by atoms with Gasteiger partial charge in [0.15, 0.2) is 0 Å². The van der Waals surface area contributed by atoms with Crippen LogP contribution in [0.3, 0.4) is 0 Å². The van der Waals surface area contributed by atoms with E-state index in [4.69, 9.17) is 0 Å². The number of likely N-dealkylation sites (N-methyl/N-ethyl adjacent to an activating group) is 1. The summed E-state index contributed by atoms with van der Waals surface area (Å²) in [4.78, 5) is 13.2. The van der Waals surface area contributed by atoms with Gasteiger partial charge in [-0.2, -0.15) is 11.8 Å². The maximum atomic E-state index is 11.2. The van der Waals surface area contributed by atoms with E-state index in [1.54, 1.807) is 11.8 Å². The van der Waals surface area contributed by atoms with Gasteiger partial charge in [-0.25, -0.2) is 0 Å². The molecule has 4 heteroatoms. The third kappa shape index (κ3) is 4.00. The third-order valence-electron chi connectivity index (χ3n) is 2.26. The van der Waals surface area contributed by atoms with Crippen LogP contribution in [-0.4, -0.2) is 49.1 Å². The van der Waals surface area contributed by atoms with E-state index in [0.29, 0.717) is 6.04 Å². The second kappa shape index (κ2) is 6.27. The highest BCUT2D eigenvalue weighted by Gasteiger charge is 2.22. The second-order valence-electron chi connectivity index (χ2n) is 3.17. The van der Waals surface area contributed by atoms with Crippen molar-refractivity contribution in [2.75, 3.05) is 26.2 Å². The first-order chi connectivity index (χ1) is 6.04. The first kappa shape index (κ1) is 12.8. The van der Waals surface area contributed by atoms with E-state index in [1.807, 2.05) is 18.9 Å². The summed E-state index contributed by atoms with van der Waals surface area (Å²) >= 11 is 1.78. The predicted octanol–water partition coefficient (Wildman–Crippen LogP) is 1.23. The number of methoxy groups -OCH3 is 1. The van der Waals surface area contributed by atoms with E-state index >= 15 is 0 Å². The Morgan fingerprint density at radius 1 is 1.54 bits per heavy atom. The Kier molecular flexibility index (Phi) is 6.16. The fourth-order valence-electron chi connectivity index (χ4n) is 1.08. The van der Waals surface area contributed by atoms with Crippen LogP contribution >= 0.6 is 11.8 Å². The Bertz CT molecular complexity index is 164. The lowest BCUT2D eigenvalue weighted by atomic mass is 10.2. The maximum Gasteiger partial charge on any atom is 0.322 e. The lowest BCUT2D eigenvalue weighted by Crippen LogP contribution is -2.43. The molecule has 0 aromatic rings. The quantitative estimate of drug-likeness (QED) is 0.631. The summed E-state index contributed by atoms with van der Waals surface area (Å²) in [6.07, 6.45) is 2.06. The minimum Gasteiger partial charge on any atom is -0.468 e. The zero-order valence-corrected chi connectivity index (χ0v) is 9.85. The molecule has 0 aliphatic rings. The van der Waals surface area contributed by atoms with Gasteiger partial charge in [0.1, 0.15) is 6.04 Å². The molecule has 0 aliphatic carbocycles. The Morgan fingerprint density at radius 3 is 2.46 bits per heavy atom. The summed E-state index contributed by atoms with van der Waals surface area (Å²) < 4.78 is 4.67. The molecular weight excluding hydrogens is 186 g/mol. The normalized spacial score (nSPS) is 15.5. The Labute approximate surface area is 84.8 Å². The fourth-order valence-corrected chi connectivity index (χ4v) is 1.79. The number of rotatable bonds is 5. The van der Waals surface area contributed by atoms with Crippen molar-refractivity contribution < 1.29 is 9.53 Å². The largest absolute Gasteiger partial charge is 0.468 e. The molecule has 0 heterocycles. The van der Waals surface area contributed by atoms with Crippen LogP contribution in [-0.2, 0) is 9.53 Å². The van der Waals surface area contributed by atoms with Crippen LogP contribution in [0.25, 0.3) is 0 Å². The summed E-state index contributed by atoms with van der Waals surface area (Å²) in [5.41, 5.74) is 0. The average Bonchev–Trinajstić information content (AvgIpc) is 2.14. The van der Waals surface area contributed by atoms with Gasteiger partial charge in [0, 0.05) is 11.8 Å². The first-order valence-corrected chi connectivity index (χ1v) is 5.72. The van der Waals surface area contributed by atoms with Gasteiger partial charge < -0.3 is 4.74 Å². The Morgan fingerprint density at radius 2 is 2.08 bits per heavy atom. The molecule has 0 spiro atoms. The van der Waals surface area contributed by atoms with Crippen LogP contribution in [0.1, 0.15) is 13.8 Å². The topological polar surface area (TPSA) is 29.5 Å². The van der Waals surface area contributed by atoms with Gasteiger partial charge in [0.05, 0.1) is 7.11 Å². The highest BCUT2D eigenvalue weighted by Crippen LogP contribution is 2.08. The zero-order valence-electron chi connectivity index (χ0n) is 9.03. The predicted molar refractivity (Wildman–Crippen MR) is 57.1 cm³/mol. The van der Waals surface area contributed by atoms with Gasteiger partial charge in [0.2, 0.25) is 0 Å². The molecule has 2 unspecified atom stereocenters. The van der Waals surface area contributed by atoms with Crippen molar-refractivity contribution in [1.29, 1.82) is 0 Å². The average molecular weight is 205 g/mol. The third-order valence-corrected chi connectivity index (χ3v) is 3.07. The van der Waals surface area contributed by atoms with Crippen LogP contribution < -0.4 is 0 Å². The number of hydrogen-bond donors (Lipinski definition) is 0. The Balaban J connectivity index is 4.07. The van der Waals surface area contributed by atoms with Crippen LogP contribution in [0.15, 0.2) is 0 Å². The smallest absolute Gasteiger partial charge is 0.322 e. The lowest BCUT2D eigenvalue weighted by Gasteiger charge is -2.28. The molecule has 0 N–H and O–H groups in total. The van der Waals surface area contributed by atoms with Gasteiger partial charge in [0.25, 0.3) is 0 Å². The minimum atomic E-state index is -0.171. The minimum absolute atomic E-state index is 0.160. The number of esters is 1. The second-order valence-corrected chi connectivity index (χ2v) is 4.08. The van der Waals surface area contributed by atoms with Crippen molar-refractivity contribution in [1.82, 2.24) is 4.90 Å². The molecule has 13 heavy (non-hydrogen) atoms. The molecule has 3 nitrogen and oxygen atoms in total. The molecule has 2 atom stereocenters. The van der Waals surface area contributed by atoms with Crippen molar-refractivity contribution in [2.45, 2.75) is 25.9 Å². The van der Waals surface area contributed by atoms with Gasteiger partial charge >= 0.3 is 5.97 Å². The van der Waals surface area contributed by atoms with E-state index in [-0.39, 0.29) is 12.0 Å². The number of nitrogens with zero attached hydrogens (tertiary/aromatic N) is 1. The SMILES string of the molecule is COC(=O)C(C)N(C)C(C)CSC. The van der Waals surface area contributed by atoms with E-state index in [0.717, 1.165) is 5.75 Å². The zero-order chi connectivity index (χ0) is 10.4. The fraction of sp³-hybridized carbons (Fsp3) is 0.889. The number of hydrogen-bond acceptors (Lipinski definition) is 4. The summed E-state index contributed by atoms with van der Waals surface area (Å²) in [6, 6.07) is 0.233. The molecule has 0 amide bonds. The molecule has 0 saturated heterocycles. The molecule has 0 bridgehead atoms. The lowest BCUT2D eigenvalue weighted by molar-refractivity contribution is -0.146. The summed E-state index contributed by atoms with van der Waals surface area (Å²) in [5.74, 6) is 0.855. The van der Waals surface area contributed by atoms with Crippen molar-refractivity contribution in [3.63, 3.8) is 0 Å². The van der Waals surface area contributed by atoms with E-state index in [9.17, 15) is 4.79 Å². The number of ether oxygens (including phenoxy) is 1. The monoisotopic (exact) mass is 205 g/mol. The van der Waals surface area contributed by atoms with Crippen LogP contribution in [0, 0.1) is 0 Å². The van der Waals surface area contributed by atoms with Crippen molar-refractivity contribution >= 4 is 17.7 Å². The molecule has 0 fully saturated rings. The van der Waals surface area contributed by atoms with E-state index in [2.05, 4.69) is 17.9 Å². The van der Waals surface area contributed by atoms with Crippen LogP contribution in [0.2, 0.25) is 0 Å². The first-order valence-electron chi connectivity index (χ1n) is 4.33. The molecule has 0 rings (SSSR count). The van der Waals surface area contributed by atoms with Crippen molar-refractivity contribution in [2.24, 2.45) is 0 Å². The van der Waals surface area contributed by atoms with Crippen molar-refractivity contribution in [3.05, 3.63) is 0 Å². The summed E-state index contributed by atoms with van der Waals surface area (Å²) in [6.45, 7) is 3.97. The number of carbonyl (C=O) groups is 1. The van der Waals surface area contributed by atoms with Gasteiger partial charge in [-0.05, 0) is 27.2 Å². The summed E-state index contributed by atoms with van der Waals surface area (Å²) in [7, 11) is 3.37. The highest BCUT2D eigenvalue weighted by atomic mass is 32.2. The molecule has 78 valence electrons. The molecular formula is C9H19NO2S. The number of carbonyl (C=O) groups excluding carboxylic acids is 1. The molecule has 0 saturated carbocycles. The van der Waals surface area contributed by atoms with E-state index < -0.39 is 0 Å². The molecule has 0 aliphatic heterocycles. The molecule has 0 radical (unpaired) electrons. The Hall–Kier alpha value is -0.220. The highest BCUT2D eigenvalue weighted by molar-refractivity contribution is 7.98. The van der Waals surface area contributed by atoms with Crippen LogP contribution in [0.4, 0.5) is 0 Å². The van der Waals surface area contributed by atoms with E-state index in [1.165, 1.54) is 7.11 Å². The molecule has 0 aromatic heterocycles. The molecule has 0 aromatic carbocycles.